The zero-order valence-electron chi connectivity index (χ0n) is 10.4. The average molecular weight is 260 g/mol. The molecule has 1 saturated heterocycles. The van der Waals surface area contributed by atoms with Crippen LogP contribution in [0.1, 0.15) is 25.5 Å². The maximum atomic E-state index is 12.8. The number of halogens is 2. The lowest BCUT2D eigenvalue weighted by Crippen LogP contribution is -2.48. The van der Waals surface area contributed by atoms with Crippen molar-refractivity contribution in [1.82, 2.24) is 4.90 Å². The van der Waals surface area contributed by atoms with Crippen LogP contribution < -0.4 is 0 Å². The maximum Gasteiger partial charge on any atom is 0.123 e. The van der Waals surface area contributed by atoms with Gasteiger partial charge in [-0.15, -0.1) is 12.4 Å². The zero-order valence-corrected chi connectivity index (χ0v) is 11.2. The number of ether oxygens (including phenoxy) is 1. The fourth-order valence-corrected chi connectivity index (χ4v) is 2.14. The molecule has 1 fully saturated rings. The van der Waals surface area contributed by atoms with Crippen molar-refractivity contribution in [2.45, 2.75) is 32.0 Å². The Hall–Kier alpha value is -0.640. The summed E-state index contributed by atoms with van der Waals surface area (Å²) in [6, 6.07) is 7.34. The second-order valence-electron chi connectivity index (χ2n) is 4.56. The normalized spacial score (nSPS) is 29.8. The maximum absolute atomic E-state index is 12.8. The largest absolute Gasteiger partial charge is 0.370 e. The van der Waals surface area contributed by atoms with Gasteiger partial charge in [0, 0.05) is 12.1 Å². The van der Waals surface area contributed by atoms with E-state index in [1.54, 1.807) is 12.1 Å². The summed E-state index contributed by atoms with van der Waals surface area (Å²) < 4.78 is 18.7. The predicted octanol–water partition coefficient (Wildman–Crippen LogP) is 3.03. The lowest BCUT2D eigenvalue weighted by atomic mass is 9.99. The van der Waals surface area contributed by atoms with Crippen molar-refractivity contribution in [2.24, 2.45) is 0 Å². The van der Waals surface area contributed by atoms with E-state index >= 15 is 0 Å². The van der Waals surface area contributed by atoms with Crippen molar-refractivity contribution in [3.63, 3.8) is 0 Å². The summed E-state index contributed by atoms with van der Waals surface area (Å²) in [5.41, 5.74) is 1.05. The molecule has 3 atom stereocenters. The molecule has 17 heavy (non-hydrogen) atoms. The van der Waals surface area contributed by atoms with E-state index in [9.17, 15) is 4.39 Å². The van der Waals surface area contributed by atoms with Crippen LogP contribution in [-0.4, -0.2) is 30.6 Å². The number of morpholine rings is 1. The fraction of sp³-hybridized carbons (Fsp3) is 0.538. The van der Waals surface area contributed by atoms with Crippen molar-refractivity contribution in [2.75, 3.05) is 13.7 Å². The van der Waals surface area contributed by atoms with E-state index in [1.165, 1.54) is 12.1 Å². The second kappa shape index (κ2) is 5.80. The Kier molecular flexibility index (Phi) is 4.92. The fourth-order valence-electron chi connectivity index (χ4n) is 2.14. The Morgan fingerprint density at radius 1 is 1.24 bits per heavy atom. The first-order chi connectivity index (χ1) is 7.59. The molecule has 1 heterocycles. The average Bonchev–Trinajstić information content (AvgIpc) is 2.28. The Morgan fingerprint density at radius 3 is 2.41 bits per heavy atom. The van der Waals surface area contributed by atoms with Gasteiger partial charge in [0.15, 0.2) is 0 Å². The van der Waals surface area contributed by atoms with E-state index in [2.05, 4.69) is 25.8 Å². The van der Waals surface area contributed by atoms with E-state index in [4.69, 9.17) is 4.74 Å². The van der Waals surface area contributed by atoms with Crippen molar-refractivity contribution in [3.8, 4) is 0 Å². The van der Waals surface area contributed by atoms with Crippen molar-refractivity contribution in [1.29, 1.82) is 0 Å². The van der Waals surface area contributed by atoms with Crippen LogP contribution in [0.25, 0.3) is 0 Å². The predicted molar refractivity (Wildman–Crippen MR) is 69.0 cm³/mol. The van der Waals surface area contributed by atoms with Crippen LogP contribution in [0, 0.1) is 5.82 Å². The molecule has 0 aliphatic carbocycles. The minimum absolute atomic E-state index is 0. The van der Waals surface area contributed by atoms with Gasteiger partial charge in [-0.1, -0.05) is 12.1 Å². The molecule has 0 aromatic heterocycles. The van der Waals surface area contributed by atoms with Gasteiger partial charge in [0.25, 0.3) is 0 Å². The van der Waals surface area contributed by atoms with E-state index < -0.39 is 0 Å². The monoisotopic (exact) mass is 259 g/mol. The van der Waals surface area contributed by atoms with Crippen LogP contribution in [0.4, 0.5) is 4.39 Å². The topological polar surface area (TPSA) is 12.5 Å². The van der Waals surface area contributed by atoms with Gasteiger partial charge in [-0.05, 0) is 38.6 Å². The summed E-state index contributed by atoms with van der Waals surface area (Å²) in [5.74, 6) is -0.200. The smallest absolute Gasteiger partial charge is 0.123 e. The molecule has 1 aliphatic rings. The molecule has 1 aliphatic heterocycles. The molecule has 2 nitrogen and oxygen atoms in total. The van der Waals surface area contributed by atoms with E-state index in [0.29, 0.717) is 12.1 Å². The van der Waals surface area contributed by atoms with Gasteiger partial charge in [-0.25, -0.2) is 4.39 Å². The molecule has 1 aromatic rings. The molecule has 96 valence electrons. The third kappa shape index (κ3) is 2.97. The molecule has 0 spiro atoms. The molecule has 0 unspecified atom stereocenters. The number of nitrogens with zero attached hydrogens (tertiary/aromatic N) is 1. The lowest BCUT2D eigenvalue weighted by molar-refractivity contribution is -0.0853. The second-order valence-corrected chi connectivity index (χ2v) is 4.56. The summed E-state index contributed by atoms with van der Waals surface area (Å²) >= 11 is 0. The minimum atomic E-state index is -0.200. The van der Waals surface area contributed by atoms with Crippen LogP contribution in [0.5, 0.6) is 0 Å². The van der Waals surface area contributed by atoms with E-state index in [0.717, 1.165) is 12.2 Å². The van der Waals surface area contributed by atoms with Crippen LogP contribution in [0.15, 0.2) is 24.3 Å². The Balaban J connectivity index is 0.00000144. The molecule has 0 N–H and O–H groups in total. The Morgan fingerprint density at radius 2 is 1.82 bits per heavy atom. The molecule has 0 saturated carbocycles. The zero-order chi connectivity index (χ0) is 11.7. The molecule has 1 aromatic carbocycles. The molecular formula is C13H19ClFNO. The number of hydrogen-bond acceptors (Lipinski definition) is 2. The van der Waals surface area contributed by atoms with Crippen LogP contribution in [0.2, 0.25) is 0 Å². The summed E-state index contributed by atoms with van der Waals surface area (Å²) in [6.45, 7) is 5.02. The first-order valence-electron chi connectivity index (χ1n) is 5.68. The highest BCUT2D eigenvalue weighted by molar-refractivity contribution is 5.85. The highest BCUT2D eigenvalue weighted by Crippen LogP contribution is 2.29. The molecule has 0 radical (unpaired) electrons. The van der Waals surface area contributed by atoms with Crippen molar-refractivity contribution >= 4 is 12.4 Å². The van der Waals surface area contributed by atoms with Crippen molar-refractivity contribution in [3.05, 3.63) is 35.6 Å². The summed E-state index contributed by atoms with van der Waals surface area (Å²) in [6.07, 6.45) is 0.0433. The number of likely N-dealkylation sites (N-methyl/N-ethyl adjacent to an activating group) is 1. The van der Waals surface area contributed by atoms with Gasteiger partial charge in [-0.3, -0.25) is 4.90 Å². The first-order valence-corrected chi connectivity index (χ1v) is 5.68. The van der Waals surface area contributed by atoms with Crippen LogP contribution in [-0.2, 0) is 4.74 Å². The SMILES string of the molecule is C[C@@H]1[C@@H](c2ccc(F)cc2)OC[C@H](C)N1C.Cl. The quantitative estimate of drug-likeness (QED) is 0.769. The van der Waals surface area contributed by atoms with Gasteiger partial charge in [0.05, 0.1) is 12.7 Å². The number of rotatable bonds is 1. The third-order valence-electron chi connectivity index (χ3n) is 3.49. The van der Waals surface area contributed by atoms with Gasteiger partial charge in [0.2, 0.25) is 0 Å². The molecule has 2 rings (SSSR count). The standard InChI is InChI=1S/C13H18FNO.ClH/c1-9-8-16-13(10(2)15(9)3)11-4-6-12(14)7-5-11;/h4-7,9-10,13H,8H2,1-3H3;1H/t9-,10+,13-;/m0./s1. The molecular weight excluding hydrogens is 241 g/mol. The van der Waals surface area contributed by atoms with Gasteiger partial charge in [0.1, 0.15) is 5.82 Å². The number of benzene rings is 1. The van der Waals surface area contributed by atoms with E-state index in [-0.39, 0.29) is 24.3 Å². The Bertz CT molecular complexity index is 357. The summed E-state index contributed by atoms with van der Waals surface area (Å²) in [7, 11) is 2.11. The van der Waals surface area contributed by atoms with E-state index in [1.807, 2.05) is 0 Å². The van der Waals surface area contributed by atoms with Gasteiger partial charge >= 0.3 is 0 Å². The van der Waals surface area contributed by atoms with Gasteiger partial charge < -0.3 is 4.74 Å². The van der Waals surface area contributed by atoms with Crippen LogP contribution >= 0.6 is 12.4 Å². The lowest BCUT2D eigenvalue weighted by Gasteiger charge is -2.41. The Labute approximate surface area is 108 Å². The minimum Gasteiger partial charge on any atom is -0.370 e. The highest BCUT2D eigenvalue weighted by atomic mass is 35.5. The van der Waals surface area contributed by atoms with Crippen LogP contribution in [0.3, 0.4) is 0 Å². The summed E-state index contributed by atoms with van der Waals surface area (Å²) in [5, 5.41) is 0. The highest BCUT2D eigenvalue weighted by Gasteiger charge is 2.31. The first kappa shape index (κ1) is 14.4. The molecule has 0 amide bonds. The number of hydrogen-bond donors (Lipinski definition) is 0. The molecule has 0 bridgehead atoms. The third-order valence-corrected chi connectivity index (χ3v) is 3.49. The van der Waals surface area contributed by atoms with Gasteiger partial charge in [-0.2, -0.15) is 0 Å². The molecule has 4 heteroatoms. The van der Waals surface area contributed by atoms with Crippen molar-refractivity contribution < 1.29 is 9.13 Å². The summed E-state index contributed by atoms with van der Waals surface area (Å²) in [4.78, 5) is 2.30.